The van der Waals surface area contributed by atoms with Crippen molar-refractivity contribution in [2.75, 3.05) is 7.05 Å². The molecule has 0 saturated carbocycles. The number of carbonyl (C=O) groups excluding carboxylic acids is 8. The summed E-state index contributed by atoms with van der Waals surface area (Å²) < 4.78 is 0. The number of fused-ring (bicyclic) bond motifs is 2. The molecule has 3 N–H and O–H groups in total. The summed E-state index contributed by atoms with van der Waals surface area (Å²) in [4.78, 5) is 88.4. The standard InChI is InChI=1S/C17H11N2O4P.C5H7NO2.C4H3NO3.2C3H8.C2H6/c1-19-16(22)11-5-3-9(7-13(11)17(19)23)24-8-2-4-10-12(6-8)15(21)18-14(10)20;1-2-3-5(8)6-4-7;6-3-1-2-4(7)5(3)8;2*1-3-2;1-2/h2-7,24H,1H3,(H,18,20,21);2-4H,1H3,(H,6,7,8);1-2,8H;2*3H2,1-2H3;1-2H3/b;3-2-;;;;. The van der Waals surface area contributed by atoms with E-state index in [1.54, 1.807) is 49.4 Å². The second-order valence-electron chi connectivity index (χ2n) is 9.46. The molecule has 13 nitrogen and oxygen atoms in total. The van der Waals surface area contributed by atoms with Gasteiger partial charge in [-0.3, -0.25) is 59.1 Å². The van der Waals surface area contributed by atoms with E-state index in [-0.39, 0.29) is 37.3 Å². The van der Waals surface area contributed by atoms with Crippen LogP contribution in [0, 0.1) is 0 Å². The van der Waals surface area contributed by atoms with Gasteiger partial charge in [-0.25, -0.2) is 0 Å². The lowest BCUT2D eigenvalue weighted by Crippen LogP contribution is -2.25. The minimum atomic E-state index is -0.685. The van der Waals surface area contributed by atoms with E-state index in [9.17, 15) is 38.4 Å². The lowest BCUT2D eigenvalue weighted by Gasteiger charge is -2.05. The monoisotopic (exact) mass is 682 g/mol. The molecule has 2 aromatic carbocycles. The van der Waals surface area contributed by atoms with Crippen LogP contribution >= 0.6 is 8.58 Å². The fourth-order valence-corrected chi connectivity index (χ4v) is 4.60. The van der Waals surface area contributed by atoms with Gasteiger partial charge in [-0.05, 0) is 47.9 Å². The third-order valence-corrected chi connectivity index (χ3v) is 6.62. The van der Waals surface area contributed by atoms with E-state index in [1.165, 1.54) is 26.0 Å². The Morgan fingerprint density at radius 1 is 0.792 bits per heavy atom. The summed E-state index contributed by atoms with van der Waals surface area (Å²) in [6, 6.07) is 10.3. The van der Waals surface area contributed by atoms with Crippen molar-refractivity contribution in [3.05, 3.63) is 83.0 Å². The van der Waals surface area contributed by atoms with Crippen molar-refractivity contribution in [3.8, 4) is 0 Å². The Hall–Kier alpha value is -5.13. The number of allylic oxidation sites excluding steroid dienone is 1. The van der Waals surface area contributed by atoms with Gasteiger partial charge in [0.2, 0.25) is 12.3 Å². The SMILES string of the molecule is C/C=C\C(=O)NC=O.CC.CCC.CCC.CN1C(=O)c2ccc(Pc3ccc4c(c3)C(=O)NC4=O)cc2C1=O.O=C1C=CC(=O)N1O. The molecule has 3 heterocycles. The second-order valence-corrected chi connectivity index (χ2v) is 10.9. The van der Waals surface area contributed by atoms with Gasteiger partial charge < -0.3 is 0 Å². The van der Waals surface area contributed by atoms with Crippen LogP contribution in [-0.2, 0) is 19.2 Å². The third kappa shape index (κ3) is 12.6. The topological polar surface area (TPSA) is 187 Å². The van der Waals surface area contributed by atoms with Crippen molar-refractivity contribution in [2.24, 2.45) is 0 Å². The molecule has 2 aromatic rings. The van der Waals surface area contributed by atoms with Crippen LogP contribution in [0.5, 0.6) is 0 Å². The molecule has 14 heteroatoms. The Morgan fingerprint density at radius 2 is 1.23 bits per heavy atom. The molecule has 48 heavy (non-hydrogen) atoms. The molecule has 8 amide bonds. The van der Waals surface area contributed by atoms with Crippen LogP contribution in [0.15, 0.2) is 60.7 Å². The van der Waals surface area contributed by atoms with Crippen LogP contribution in [0.4, 0.5) is 0 Å². The molecule has 5 rings (SSSR count). The Labute approximate surface area is 282 Å². The third-order valence-electron chi connectivity index (χ3n) is 5.42. The number of benzene rings is 2. The number of hydroxylamine groups is 2. The van der Waals surface area contributed by atoms with Gasteiger partial charge in [0, 0.05) is 19.2 Å². The molecule has 0 spiro atoms. The van der Waals surface area contributed by atoms with Crippen LogP contribution < -0.4 is 21.2 Å². The highest BCUT2D eigenvalue weighted by Gasteiger charge is 2.33. The molecular weight excluding hydrogens is 639 g/mol. The number of carbonyl (C=O) groups is 8. The quantitative estimate of drug-likeness (QED) is 0.143. The molecule has 0 saturated heterocycles. The van der Waals surface area contributed by atoms with Crippen LogP contribution in [-0.4, -0.2) is 70.0 Å². The summed E-state index contributed by atoms with van der Waals surface area (Å²) in [6.45, 7) is 14.2. The Bertz CT molecular complexity index is 1550. The molecule has 0 aromatic heterocycles. The fraction of sp³-hybridized carbons (Fsp3) is 0.294. The normalized spacial score (nSPS) is 13.5. The fourth-order valence-electron chi connectivity index (χ4n) is 3.50. The van der Waals surface area contributed by atoms with Crippen molar-refractivity contribution in [2.45, 2.75) is 61.3 Å². The Kier molecular flexibility index (Phi) is 20.0. The van der Waals surface area contributed by atoms with E-state index in [4.69, 9.17) is 5.21 Å². The second kappa shape index (κ2) is 22.4. The molecule has 3 aliphatic heterocycles. The van der Waals surface area contributed by atoms with Gasteiger partial charge in [0.05, 0.1) is 22.3 Å². The average Bonchev–Trinajstić information content (AvgIpc) is 3.60. The smallest absolute Gasteiger partial charge is 0.277 e. The van der Waals surface area contributed by atoms with Gasteiger partial charge in [0.15, 0.2) is 0 Å². The van der Waals surface area contributed by atoms with Crippen molar-refractivity contribution >= 4 is 67.0 Å². The zero-order valence-corrected chi connectivity index (χ0v) is 29.4. The maximum Gasteiger partial charge on any atom is 0.277 e. The molecule has 0 aliphatic carbocycles. The highest BCUT2D eigenvalue weighted by atomic mass is 31.1. The number of rotatable bonds is 4. The first-order valence-corrected chi connectivity index (χ1v) is 16.2. The van der Waals surface area contributed by atoms with Crippen molar-refractivity contribution in [1.82, 2.24) is 20.6 Å². The lowest BCUT2D eigenvalue weighted by molar-refractivity contribution is -0.169. The van der Waals surface area contributed by atoms with Gasteiger partial charge in [-0.1, -0.05) is 81.2 Å². The lowest BCUT2D eigenvalue weighted by atomic mass is 10.1. The number of hydrogen-bond donors (Lipinski definition) is 3. The summed E-state index contributed by atoms with van der Waals surface area (Å²) in [5.41, 5.74) is 1.57. The summed E-state index contributed by atoms with van der Waals surface area (Å²) in [5.74, 6) is -3.13. The van der Waals surface area contributed by atoms with Crippen molar-refractivity contribution in [1.29, 1.82) is 0 Å². The predicted molar refractivity (Wildman–Crippen MR) is 184 cm³/mol. The van der Waals surface area contributed by atoms with Crippen molar-refractivity contribution < 1.29 is 43.6 Å². The highest BCUT2D eigenvalue weighted by molar-refractivity contribution is 7.55. The molecule has 258 valence electrons. The van der Waals surface area contributed by atoms with E-state index in [2.05, 4.69) is 33.0 Å². The zero-order valence-electron chi connectivity index (χ0n) is 28.4. The van der Waals surface area contributed by atoms with E-state index in [0.29, 0.717) is 28.7 Å². The number of amides is 8. The Balaban J connectivity index is 0.000000757. The van der Waals surface area contributed by atoms with E-state index < -0.39 is 17.7 Å². The molecule has 0 radical (unpaired) electrons. The zero-order chi connectivity index (χ0) is 37.0. The first-order chi connectivity index (χ1) is 22.8. The van der Waals surface area contributed by atoms with Gasteiger partial charge in [0.1, 0.15) is 0 Å². The summed E-state index contributed by atoms with van der Waals surface area (Å²) in [5, 5.41) is 14.4. The molecule has 1 atom stereocenters. The minimum absolute atomic E-state index is 0.0556. The average molecular weight is 683 g/mol. The molecule has 3 aliphatic rings. The first kappa shape index (κ1) is 42.9. The molecule has 0 bridgehead atoms. The largest absolute Gasteiger partial charge is 0.295 e. The van der Waals surface area contributed by atoms with Crippen LogP contribution in [0.1, 0.15) is 103 Å². The highest BCUT2D eigenvalue weighted by Crippen LogP contribution is 2.24. The van der Waals surface area contributed by atoms with Crippen LogP contribution in [0.25, 0.3) is 0 Å². The van der Waals surface area contributed by atoms with Gasteiger partial charge in [-0.15, -0.1) is 5.06 Å². The summed E-state index contributed by atoms with van der Waals surface area (Å²) in [7, 11) is 1.67. The van der Waals surface area contributed by atoms with Gasteiger partial charge in [0.25, 0.3) is 35.4 Å². The maximum absolute atomic E-state index is 12.1. The van der Waals surface area contributed by atoms with Gasteiger partial charge in [-0.2, -0.15) is 0 Å². The Morgan fingerprint density at radius 3 is 1.67 bits per heavy atom. The predicted octanol–water partition coefficient (Wildman–Crippen LogP) is 3.42. The maximum atomic E-state index is 12.1. The van der Waals surface area contributed by atoms with Crippen molar-refractivity contribution in [3.63, 3.8) is 0 Å². The minimum Gasteiger partial charge on any atom is -0.295 e. The number of nitrogens with one attached hydrogen (secondary N) is 2. The number of hydrogen-bond acceptors (Lipinski definition) is 9. The summed E-state index contributed by atoms with van der Waals surface area (Å²) >= 11 is 0. The number of imide groups is 4. The summed E-state index contributed by atoms with van der Waals surface area (Å²) in [6.07, 6.45) is 7.68. The van der Waals surface area contributed by atoms with E-state index in [0.717, 1.165) is 27.7 Å². The van der Waals surface area contributed by atoms with Crippen LogP contribution in [0.2, 0.25) is 0 Å². The number of nitrogens with zero attached hydrogens (tertiary/aromatic N) is 2. The van der Waals surface area contributed by atoms with Crippen LogP contribution in [0.3, 0.4) is 0 Å². The van der Waals surface area contributed by atoms with E-state index >= 15 is 0 Å². The molecular formula is C34H43N4O9P. The molecule has 0 fully saturated rings. The molecule has 1 unspecified atom stereocenters. The first-order valence-electron chi connectivity index (χ1n) is 15.2. The van der Waals surface area contributed by atoms with Gasteiger partial charge >= 0.3 is 0 Å². The van der Waals surface area contributed by atoms with E-state index in [1.807, 2.05) is 19.2 Å².